The molecule has 7 heteroatoms. The Morgan fingerprint density at radius 1 is 1.55 bits per heavy atom. The van der Waals surface area contributed by atoms with Gasteiger partial charge in [0.15, 0.2) is 0 Å². The second-order valence-electron chi connectivity index (χ2n) is 5.28. The number of benzene rings is 1. The molecule has 1 aromatic carbocycles. The topological polar surface area (TPSA) is 78.0 Å². The van der Waals surface area contributed by atoms with Gasteiger partial charge in [0.25, 0.3) is 5.91 Å². The molecule has 1 amide bonds. The van der Waals surface area contributed by atoms with E-state index >= 15 is 0 Å². The number of halogens is 1. The number of amides is 1. The van der Waals surface area contributed by atoms with Crippen LogP contribution in [0.2, 0.25) is 5.02 Å². The number of carbonyl (C=O) groups excluding carboxylic acids is 1. The maximum atomic E-state index is 12.3. The number of hydrogen-bond donors (Lipinski definition) is 3. The molecule has 0 aliphatic carbocycles. The second kappa shape index (κ2) is 7.17. The van der Waals surface area contributed by atoms with E-state index in [9.17, 15) is 9.90 Å². The molecule has 0 fully saturated rings. The van der Waals surface area contributed by atoms with Gasteiger partial charge in [0.1, 0.15) is 0 Å². The fourth-order valence-corrected chi connectivity index (χ4v) is 2.96. The lowest BCUT2D eigenvalue weighted by atomic mass is 10.1. The van der Waals surface area contributed by atoms with Crippen molar-refractivity contribution in [2.24, 2.45) is 0 Å². The summed E-state index contributed by atoms with van der Waals surface area (Å²) in [6.45, 7) is 1.86. The third kappa shape index (κ3) is 4.25. The molecule has 1 unspecified atom stereocenters. The van der Waals surface area contributed by atoms with Crippen molar-refractivity contribution in [3.05, 3.63) is 41.0 Å². The van der Waals surface area contributed by atoms with Gasteiger partial charge in [-0.1, -0.05) is 23.7 Å². The average Bonchev–Trinajstić information content (AvgIpc) is 2.94. The largest absolute Gasteiger partial charge is 0.387 e. The van der Waals surface area contributed by atoms with Crippen LogP contribution >= 0.6 is 23.4 Å². The summed E-state index contributed by atoms with van der Waals surface area (Å²) in [4.78, 5) is 12.3. The average molecular weight is 340 g/mol. The molecule has 0 aliphatic rings. The van der Waals surface area contributed by atoms with E-state index in [-0.39, 0.29) is 12.5 Å². The SMILES string of the molecule is CSCC(C)(O)CNC(=O)c1cn[nH]c1-c1cccc(Cl)c1. The van der Waals surface area contributed by atoms with Gasteiger partial charge < -0.3 is 10.4 Å². The van der Waals surface area contributed by atoms with E-state index in [4.69, 9.17) is 11.6 Å². The number of H-pyrrole nitrogens is 1. The highest BCUT2D eigenvalue weighted by Crippen LogP contribution is 2.24. The number of thioether (sulfide) groups is 1. The molecule has 1 atom stereocenters. The van der Waals surface area contributed by atoms with Crippen molar-refractivity contribution in [1.82, 2.24) is 15.5 Å². The molecule has 0 aliphatic heterocycles. The molecule has 3 N–H and O–H groups in total. The molecule has 1 aromatic heterocycles. The van der Waals surface area contributed by atoms with Crippen molar-refractivity contribution in [2.75, 3.05) is 18.6 Å². The lowest BCUT2D eigenvalue weighted by Crippen LogP contribution is -2.42. The van der Waals surface area contributed by atoms with Gasteiger partial charge in [0.05, 0.1) is 23.1 Å². The lowest BCUT2D eigenvalue weighted by Gasteiger charge is -2.22. The highest BCUT2D eigenvalue weighted by atomic mass is 35.5. The first-order chi connectivity index (χ1) is 10.4. The van der Waals surface area contributed by atoms with Crippen LogP contribution in [-0.4, -0.2) is 45.4 Å². The monoisotopic (exact) mass is 339 g/mol. The Hall–Kier alpha value is -1.50. The second-order valence-corrected chi connectivity index (χ2v) is 6.58. The number of aromatic amines is 1. The first-order valence-electron chi connectivity index (χ1n) is 6.72. The molecule has 1 heterocycles. The van der Waals surface area contributed by atoms with Gasteiger partial charge in [-0.05, 0) is 25.3 Å². The van der Waals surface area contributed by atoms with E-state index in [2.05, 4.69) is 15.5 Å². The van der Waals surface area contributed by atoms with Gasteiger partial charge in [-0.3, -0.25) is 9.89 Å². The molecule has 2 rings (SSSR count). The quantitative estimate of drug-likeness (QED) is 0.756. The van der Waals surface area contributed by atoms with E-state index in [0.29, 0.717) is 22.0 Å². The number of nitrogens with one attached hydrogen (secondary N) is 2. The normalized spacial score (nSPS) is 13.6. The van der Waals surface area contributed by atoms with Crippen molar-refractivity contribution in [2.45, 2.75) is 12.5 Å². The fourth-order valence-electron chi connectivity index (χ4n) is 2.05. The molecule has 2 aromatic rings. The molecule has 0 bridgehead atoms. The van der Waals surface area contributed by atoms with Crippen LogP contribution in [0, 0.1) is 0 Å². The fraction of sp³-hybridized carbons (Fsp3) is 0.333. The number of carbonyl (C=O) groups is 1. The Kier molecular flexibility index (Phi) is 5.50. The summed E-state index contributed by atoms with van der Waals surface area (Å²) in [5, 5.41) is 20.2. The standard InChI is InChI=1S/C15H18ClN3O2S/c1-15(21,9-22-2)8-17-14(20)12-7-18-19-13(12)10-4-3-5-11(16)6-10/h3-7,21H,8-9H2,1-2H3,(H,17,20)(H,18,19). The zero-order chi connectivity index (χ0) is 16.2. The Bertz CT molecular complexity index is 658. The number of aromatic nitrogens is 2. The van der Waals surface area contributed by atoms with Gasteiger partial charge >= 0.3 is 0 Å². The van der Waals surface area contributed by atoms with Crippen molar-refractivity contribution in [3.63, 3.8) is 0 Å². The van der Waals surface area contributed by atoms with Crippen LogP contribution < -0.4 is 5.32 Å². The Morgan fingerprint density at radius 2 is 2.32 bits per heavy atom. The van der Waals surface area contributed by atoms with Gasteiger partial charge in [0.2, 0.25) is 0 Å². The highest BCUT2D eigenvalue weighted by Gasteiger charge is 2.22. The summed E-state index contributed by atoms with van der Waals surface area (Å²) < 4.78 is 0. The molecular weight excluding hydrogens is 322 g/mol. The maximum absolute atomic E-state index is 12.3. The zero-order valence-electron chi connectivity index (χ0n) is 12.4. The molecule has 0 spiro atoms. The number of aliphatic hydroxyl groups is 1. The van der Waals surface area contributed by atoms with Gasteiger partial charge in [0, 0.05) is 22.9 Å². The smallest absolute Gasteiger partial charge is 0.255 e. The van der Waals surface area contributed by atoms with Crippen molar-refractivity contribution < 1.29 is 9.90 Å². The van der Waals surface area contributed by atoms with Crippen molar-refractivity contribution >= 4 is 29.3 Å². The molecule has 5 nitrogen and oxygen atoms in total. The van der Waals surface area contributed by atoms with Crippen LogP contribution in [0.15, 0.2) is 30.5 Å². The van der Waals surface area contributed by atoms with Crippen LogP contribution in [0.5, 0.6) is 0 Å². The summed E-state index contributed by atoms with van der Waals surface area (Å²) in [6.07, 6.45) is 3.37. The van der Waals surface area contributed by atoms with Crippen molar-refractivity contribution in [3.8, 4) is 11.3 Å². The molecular formula is C15H18ClN3O2S. The van der Waals surface area contributed by atoms with Crippen LogP contribution in [0.4, 0.5) is 0 Å². The first kappa shape index (κ1) is 16.9. The number of rotatable bonds is 6. The minimum absolute atomic E-state index is 0.173. The molecule has 22 heavy (non-hydrogen) atoms. The minimum Gasteiger partial charge on any atom is -0.387 e. The van der Waals surface area contributed by atoms with Crippen LogP contribution in [0.25, 0.3) is 11.3 Å². The van der Waals surface area contributed by atoms with E-state index in [1.807, 2.05) is 18.4 Å². The Balaban J connectivity index is 2.14. The molecule has 0 saturated carbocycles. The molecule has 0 radical (unpaired) electrons. The van der Waals surface area contributed by atoms with Crippen molar-refractivity contribution in [1.29, 1.82) is 0 Å². The lowest BCUT2D eigenvalue weighted by molar-refractivity contribution is 0.0725. The molecule has 0 saturated heterocycles. The predicted octanol–water partition coefficient (Wildman–Crippen LogP) is 2.57. The van der Waals surface area contributed by atoms with Gasteiger partial charge in [-0.2, -0.15) is 16.9 Å². The van der Waals surface area contributed by atoms with Crippen LogP contribution in [0.1, 0.15) is 17.3 Å². The third-order valence-corrected chi connectivity index (χ3v) is 4.23. The van der Waals surface area contributed by atoms with E-state index < -0.39 is 5.60 Å². The summed E-state index contributed by atoms with van der Waals surface area (Å²) in [7, 11) is 0. The Morgan fingerprint density at radius 3 is 3.00 bits per heavy atom. The third-order valence-electron chi connectivity index (χ3n) is 3.08. The molecule has 118 valence electrons. The highest BCUT2D eigenvalue weighted by molar-refractivity contribution is 7.98. The first-order valence-corrected chi connectivity index (χ1v) is 8.49. The van der Waals surface area contributed by atoms with Crippen LogP contribution in [0.3, 0.4) is 0 Å². The summed E-state index contributed by atoms with van der Waals surface area (Å²) in [5.74, 6) is 0.255. The number of nitrogens with zero attached hydrogens (tertiary/aromatic N) is 1. The predicted molar refractivity (Wildman–Crippen MR) is 90.4 cm³/mol. The summed E-state index contributed by atoms with van der Waals surface area (Å²) in [5.41, 5.74) is 0.854. The summed E-state index contributed by atoms with van der Waals surface area (Å²) >= 11 is 7.50. The van der Waals surface area contributed by atoms with E-state index in [1.165, 1.54) is 18.0 Å². The van der Waals surface area contributed by atoms with E-state index in [0.717, 1.165) is 5.56 Å². The minimum atomic E-state index is -0.949. The van der Waals surface area contributed by atoms with E-state index in [1.54, 1.807) is 19.1 Å². The zero-order valence-corrected chi connectivity index (χ0v) is 14.0. The maximum Gasteiger partial charge on any atom is 0.255 e. The summed E-state index contributed by atoms with van der Waals surface area (Å²) in [6, 6.07) is 7.18. The van der Waals surface area contributed by atoms with Gasteiger partial charge in [-0.15, -0.1) is 0 Å². The Labute approximate surface area is 138 Å². The van der Waals surface area contributed by atoms with Gasteiger partial charge in [-0.25, -0.2) is 0 Å². The number of hydrogen-bond acceptors (Lipinski definition) is 4. The van der Waals surface area contributed by atoms with Crippen LogP contribution in [-0.2, 0) is 0 Å².